The van der Waals surface area contributed by atoms with E-state index in [9.17, 15) is 9.90 Å². The molecule has 1 aromatic carbocycles. The van der Waals surface area contributed by atoms with Crippen molar-refractivity contribution in [2.45, 2.75) is 32.5 Å². The Morgan fingerprint density at radius 3 is 2.48 bits per heavy atom. The van der Waals surface area contributed by atoms with Crippen molar-refractivity contribution in [3.8, 4) is 11.5 Å². The van der Waals surface area contributed by atoms with E-state index in [-0.39, 0.29) is 6.54 Å². The topological polar surface area (TPSA) is 77.0 Å². The third-order valence-electron chi connectivity index (χ3n) is 2.63. The lowest BCUT2D eigenvalue weighted by molar-refractivity contribution is 0.0490. The molecule has 1 atom stereocenters. The molecule has 21 heavy (non-hydrogen) atoms. The fraction of sp³-hybridized carbons (Fsp3) is 0.533. The van der Waals surface area contributed by atoms with Crippen molar-refractivity contribution >= 4 is 6.09 Å². The van der Waals surface area contributed by atoms with Crippen molar-refractivity contribution in [1.29, 1.82) is 0 Å². The van der Waals surface area contributed by atoms with E-state index in [1.807, 2.05) is 0 Å². The van der Waals surface area contributed by atoms with Crippen LogP contribution < -0.4 is 14.8 Å². The summed E-state index contributed by atoms with van der Waals surface area (Å²) in [4.78, 5) is 11.6. The molecule has 1 amide bonds. The molecule has 0 aliphatic rings. The Morgan fingerprint density at radius 2 is 1.95 bits per heavy atom. The summed E-state index contributed by atoms with van der Waals surface area (Å²) in [6.45, 7) is 5.33. The lowest BCUT2D eigenvalue weighted by Crippen LogP contribution is -2.34. The molecule has 0 spiro atoms. The lowest BCUT2D eigenvalue weighted by atomic mass is 10.1. The number of alkyl carbamates (subject to hydrolysis) is 1. The third kappa shape index (κ3) is 5.51. The summed E-state index contributed by atoms with van der Waals surface area (Å²) in [6.07, 6.45) is -1.51. The predicted molar refractivity (Wildman–Crippen MR) is 78.7 cm³/mol. The number of amides is 1. The largest absolute Gasteiger partial charge is 0.497 e. The van der Waals surface area contributed by atoms with E-state index in [2.05, 4.69) is 5.32 Å². The Kier molecular flexibility index (Phi) is 5.84. The maximum Gasteiger partial charge on any atom is 0.407 e. The summed E-state index contributed by atoms with van der Waals surface area (Å²) in [5.74, 6) is 1.12. The van der Waals surface area contributed by atoms with Crippen molar-refractivity contribution in [3.63, 3.8) is 0 Å². The molecule has 0 aliphatic heterocycles. The quantitative estimate of drug-likeness (QED) is 0.871. The second-order valence-electron chi connectivity index (χ2n) is 5.51. The van der Waals surface area contributed by atoms with Crippen LogP contribution in [0.4, 0.5) is 4.79 Å². The average molecular weight is 297 g/mol. The zero-order valence-corrected chi connectivity index (χ0v) is 13.1. The number of methoxy groups -OCH3 is 2. The summed E-state index contributed by atoms with van der Waals surface area (Å²) < 4.78 is 15.4. The van der Waals surface area contributed by atoms with Crippen LogP contribution in [-0.2, 0) is 4.74 Å². The number of ether oxygens (including phenoxy) is 3. The van der Waals surface area contributed by atoms with Crippen LogP contribution in [0, 0.1) is 0 Å². The van der Waals surface area contributed by atoms with Gasteiger partial charge < -0.3 is 24.6 Å². The summed E-state index contributed by atoms with van der Waals surface area (Å²) in [7, 11) is 3.05. The number of carbonyl (C=O) groups excluding carboxylic acids is 1. The first-order valence-corrected chi connectivity index (χ1v) is 6.63. The van der Waals surface area contributed by atoms with Crippen LogP contribution in [0.2, 0.25) is 0 Å². The van der Waals surface area contributed by atoms with E-state index < -0.39 is 17.8 Å². The Bertz CT molecular complexity index is 481. The SMILES string of the molecule is COc1ccc(OC)c(C(O)CNC(=O)OC(C)(C)C)c1. The van der Waals surface area contributed by atoms with Gasteiger partial charge in [-0.1, -0.05) is 0 Å². The monoisotopic (exact) mass is 297 g/mol. The highest BCUT2D eigenvalue weighted by molar-refractivity contribution is 5.67. The number of rotatable bonds is 5. The zero-order valence-electron chi connectivity index (χ0n) is 13.1. The molecule has 0 saturated heterocycles. The van der Waals surface area contributed by atoms with Gasteiger partial charge in [0.15, 0.2) is 0 Å². The van der Waals surface area contributed by atoms with Crippen LogP contribution in [0.1, 0.15) is 32.4 Å². The Balaban J connectivity index is 2.71. The summed E-state index contributed by atoms with van der Waals surface area (Å²) in [5.41, 5.74) is -0.0456. The molecule has 0 saturated carbocycles. The maximum atomic E-state index is 11.6. The highest BCUT2D eigenvalue weighted by atomic mass is 16.6. The van der Waals surface area contributed by atoms with Crippen molar-refractivity contribution in [1.82, 2.24) is 5.32 Å². The van der Waals surface area contributed by atoms with Crippen LogP contribution in [-0.4, -0.2) is 37.6 Å². The second kappa shape index (κ2) is 7.17. The van der Waals surface area contributed by atoms with Gasteiger partial charge in [-0.25, -0.2) is 4.79 Å². The minimum atomic E-state index is -0.928. The van der Waals surface area contributed by atoms with Gasteiger partial charge in [0, 0.05) is 5.56 Å². The number of benzene rings is 1. The second-order valence-corrected chi connectivity index (χ2v) is 5.51. The fourth-order valence-electron chi connectivity index (χ4n) is 1.70. The summed E-state index contributed by atoms with van der Waals surface area (Å²) >= 11 is 0. The van der Waals surface area contributed by atoms with Crippen LogP contribution in [0.5, 0.6) is 11.5 Å². The number of nitrogens with one attached hydrogen (secondary N) is 1. The Morgan fingerprint density at radius 1 is 1.29 bits per heavy atom. The molecule has 1 aromatic rings. The van der Waals surface area contributed by atoms with Gasteiger partial charge in [0.2, 0.25) is 0 Å². The molecule has 6 nitrogen and oxygen atoms in total. The fourth-order valence-corrected chi connectivity index (χ4v) is 1.70. The van der Waals surface area contributed by atoms with Gasteiger partial charge in [-0.2, -0.15) is 0 Å². The normalized spacial score (nSPS) is 12.5. The molecule has 2 N–H and O–H groups in total. The first-order valence-electron chi connectivity index (χ1n) is 6.63. The number of carbonyl (C=O) groups is 1. The molecular formula is C15H23NO5. The van der Waals surface area contributed by atoms with E-state index in [1.54, 1.807) is 39.0 Å². The molecular weight excluding hydrogens is 274 g/mol. The molecule has 0 aliphatic carbocycles. The highest BCUT2D eigenvalue weighted by Gasteiger charge is 2.19. The van der Waals surface area contributed by atoms with Crippen molar-refractivity contribution < 1.29 is 24.1 Å². The van der Waals surface area contributed by atoms with Crippen molar-refractivity contribution in [2.75, 3.05) is 20.8 Å². The number of hydrogen-bond acceptors (Lipinski definition) is 5. The van der Waals surface area contributed by atoms with Gasteiger partial charge in [0.25, 0.3) is 0 Å². The number of hydrogen-bond donors (Lipinski definition) is 2. The highest BCUT2D eigenvalue weighted by Crippen LogP contribution is 2.29. The predicted octanol–water partition coefficient (Wildman–Crippen LogP) is 2.26. The van der Waals surface area contributed by atoms with Gasteiger partial charge in [-0.15, -0.1) is 0 Å². The van der Waals surface area contributed by atoms with E-state index in [0.29, 0.717) is 17.1 Å². The molecule has 0 radical (unpaired) electrons. The van der Waals surface area contributed by atoms with Gasteiger partial charge in [-0.3, -0.25) is 0 Å². The smallest absolute Gasteiger partial charge is 0.407 e. The van der Waals surface area contributed by atoms with Gasteiger partial charge in [-0.05, 0) is 39.0 Å². The standard InChI is InChI=1S/C15H23NO5/c1-15(2,3)21-14(18)16-9-12(17)11-8-10(19-4)6-7-13(11)20-5/h6-8,12,17H,9H2,1-5H3,(H,16,18). The molecule has 1 rings (SSSR count). The molecule has 0 aromatic heterocycles. The van der Waals surface area contributed by atoms with E-state index >= 15 is 0 Å². The Hall–Kier alpha value is -1.95. The van der Waals surface area contributed by atoms with E-state index in [1.165, 1.54) is 14.2 Å². The minimum absolute atomic E-state index is 0.0123. The summed E-state index contributed by atoms with van der Waals surface area (Å²) in [5, 5.41) is 12.7. The number of aliphatic hydroxyl groups is 1. The number of aliphatic hydroxyl groups excluding tert-OH is 1. The molecule has 1 unspecified atom stereocenters. The van der Waals surface area contributed by atoms with Crippen molar-refractivity contribution in [2.24, 2.45) is 0 Å². The third-order valence-corrected chi connectivity index (χ3v) is 2.63. The Labute approximate surface area is 125 Å². The van der Waals surface area contributed by atoms with E-state index in [0.717, 1.165) is 0 Å². The maximum absolute atomic E-state index is 11.6. The lowest BCUT2D eigenvalue weighted by Gasteiger charge is -2.21. The van der Waals surface area contributed by atoms with Gasteiger partial charge in [0.05, 0.1) is 20.8 Å². The van der Waals surface area contributed by atoms with Gasteiger partial charge in [0.1, 0.15) is 23.2 Å². The summed E-state index contributed by atoms with van der Waals surface area (Å²) in [6, 6.07) is 5.10. The van der Waals surface area contributed by atoms with Crippen LogP contribution in [0.15, 0.2) is 18.2 Å². The first-order chi connectivity index (χ1) is 9.76. The minimum Gasteiger partial charge on any atom is -0.497 e. The zero-order chi connectivity index (χ0) is 16.0. The molecule has 0 heterocycles. The first kappa shape index (κ1) is 17.1. The molecule has 0 bridgehead atoms. The van der Waals surface area contributed by atoms with Crippen molar-refractivity contribution in [3.05, 3.63) is 23.8 Å². The van der Waals surface area contributed by atoms with Crippen LogP contribution >= 0.6 is 0 Å². The van der Waals surface area contributed by atoms with Gasteiger partial charge >= 0.3 is 6.09 Å². The molecule has 6 heteroatoms. The van der Waals surface area contributed by atoms with Crippen LogP contribution in [0.25, 0.3) is 0 Å². The molecule has 0 fully saturated rings. The van der Waals surface area contributed by atoms with E-state index in [4.69, 9.17) is 14.2 Å². The molecule has 118 valence electrons. The average Bonchev–Trinajstić information content (AvgIpc) is 2.42. The van der Waals surface area contributed by atoms with Crippen LogP contribution in [0.3, 0.4) is 0 Å².